The average Bonchev–Trinajstić information content (AvgIpc) is 2.44. The number of aliphatic hydroxyl groups is 1. The number of rotatable bonds is 2. The molecule has 3 atom stereocenters. The number of carbonyl (C=O) groups is 1. The Morgan fingerprint density at radius 1 is 1.17 bits per heavy atom. The summed E-state index contributed by atoms with van der Waals surface area (Å²) in [6.45, 7) is 11.2. The van der Waals surface area contributed by atoms with Crippen LogP contribution in [0.4, 0.5) is 4.79 Å². The van der Waals surface area contributed by atoms with E-state index < -0.39 is 11.2 Å². The first-order valence-corrected chi connectivity index (χ1v) is 9.46. The van der Waals surface area contributed by atoms with E-state index in [1.54, 1.807) is 4.90 Å². The SMILES string of the molecule is CC1CC(C)CC(C(N)C2(O)CCN(C(=O)OC(C)(C)C)CC2)C1. The minimum Gasteiger partial charge on any atom is -0.444 e. The van der Waals surface area contributed by atoms with Crippen LogP contribution in [0.2, 0.25) is 0 Å². The summed E-state index contributed by atoms with van der Waals surface area (Å²) in [5.41, 5.74) is 5.17. The highest BCUT2D eigenvalue weighted by molar-refractivity contribution is 5.68. The van der Waals surface area contributed by atoms with Gasteiger partial charge < -0.3 is 20.5 Å². The van der Waals surface area contributed by atoms with Crippen LogP contribution in [0.15, 0.2) is 0 Å². The van der Waals surface area contributed by atoms with E-state index in [9.17, 15) is 9.90 Å². The maximum atomic E-state index is 12.2. The molecule has 0 bridgehead atoms. The van der Waals surface area contributed by atoms with Crippen LogP contribution in [0.1, 0.15) is 66.7 Å². The van der Waals surface area contributed by atoms with E-state index in [0.717, 1.165) is 12.8 Å². The zero-order valence-electron chi connectivity index (χ0n) is 16.0. The Kier molecular flexibility index (Phi) is 5.86. The third-order valence-electron chi connectivity index (χ3n) is 5.62. The van der Waals surface area contributed by atoms with Gasteiger partial charge in [-0.3, -0.25) is 0 Å². The number of carbonyl (C=O) groups excluding carboxylic acids is 1. The van der Waals surface area contributed by atoms with Gasteiger partial charge in [0.25, 0.3) is 0 Å². The fourth-order valence-electron chi connectivity index (χ4n) is 4.48. The molecule has 2 fully saturated rings. The van der Waals surface area contributed by atoms with Crippen LogP contribution in [0, 0.1) is 17.8 Å². The Bertz CT molecular complexity index is 428. The summed E-state index contributed by atoms with van der Waals surface area (Å²) in [6.07, 6.45) is 4.23. The van der Waals surface area contributed by atoms with Crippen molar-refractivity contribution >= 4 is 6.09 Å². The van der Waals surface area contributed by atoms with Crippen LogP contribution < -0.4 is 5.73 Å². The average molecular weight is 341 g/mol. The molecule has 0 spiro atoms. The molecule has 3 unspecified atom stereocenters. The molecule has 1 aliphatic carbocycles. The van der Waals surface area contributed by atoms with Gasteiger partial charge in [0.1, 0.15) is 5.60 Å². The monoisotopic (exact) mass is 340 g/mol. The van der Waals surface area contributed by atoms with Crippen molar-refractivity contribution in [1.29, 1.82) is 0 Å². The predicted octanol–water partition coefficient (Wildman–Crippen LogP) is 3.15. The topological polar surface area (TPSA) is 75.8 Å². The normalized spacial score (nSPS) is 32.3. The molecule has 1 saturated heterocycles. The molecule has 2 aliphatic rings. The van der Waals surface area contributed by atoms with Crippen molar-refractivity contribution in [3.63, 3.8) is 0 Å². The number of hydrogen-bond donors (Lipinski definition) is 2. The number of nitrogens with two attached hydrogens (primary N) is 1. The highest BCUT2D eigenvalue weighted by Crippen LogP contribution is 2.39. The maximum Gasteiger partial charge on any atom is 0.410 e. The van der Waals surface area contributed by atoms with Gasteiger partial charge in [0, 0.05) is 19.1 Å². The van der Waals surface area contributed by atoms with Crippen molar-refractivity contribution in [1.82, 2.24) is 4.90 Å². The minimum atomic E-state index is -0.861. The number of hydrogen-bond acceptors (Lipinski definition) is 4. The molecule has 5 nitrogen and oxygen atoms in total. The zero-order valence-corrected chi connectivity index (χ0v) is 16.0. The molecule has 0 aromatic heterocycles. The number of piperidine rings is 1. The van der Waals surface area contributed by atoms with E-state index >= 15 is 0 Å². The number of likely N-dealkylation sites (tertiary alicyclic amines) is 1. The molecule has 1 aliphatic heterocycles. The fourth-order valence-corrected chi connectivity index (χ4v) is 4.48. The molecule has 2 rings (SSSR count). The quantitative estimate of drug-likeness (QED) is 0.810. The van der Waals surface area contributed by atoms with Crippen molar-refractivity contribution in [3.05, 3.63) is 0 Å². The Morgan fingerprint density at radius 3 is 2.12 bits per heavy atom. The van der Waals surface area contributed by atoms with Gasteiger partial charge in [-0.1, -0.05) is 13.8 Å². The van der Waals surface area contributed by atoms with E-state index in [1.165, 1.54) is 6.42 Å². The first kappa shape index (κ1) is 19.5. The maximum absolute atomic E-state index is 12.2. The summed E-state index contributed by atoms with van der Waals surface area (Å²) in [4.78, 5) is 13.9. The van der Waals surface area contributed by atoms with Crippen molar-refractivity contribution in [2.45, 2.75) is 84.0 Å². The van der Waals surface area contributed by atoms with Gasteiger partial charge in [-0.25, -0.2) is 4.79 Å². The van der Waals surface area contributed by atoms with E-state index in [4.69, 9.17) is 10.5 Å². The van der Waals surface area contributed by atoms with Crippen molar-refractivity contribution in [3.8, 4) is 0 Å². The lowest BCUT2D eigenvalue weighted by Gasteiger charge is -2.46. The van der Waals surface area contributed by atoms with Gasteiger partial charge in [-0.05, 0) is 70.6 Å². The van der Waals surface area contributed by atoms with Gasteiger partial charge >= 0.3 is 6.09 Å². The lowest BCUT2D eigenvalue weighted by atomic mass is 9.68. The van der Waals surface area contributed by atoms with Gasteiger partial charge in [0.15, 0.2) is 0 Å². The van der Waals surface area contributed by atoms with Crippen LogP contribution in [-0.4, -0.2) is 46.4 Å². The summed E-state index contributed by atoms with van der Waals surface area (Å²) >= 11 is 0. The highest BCUT2D eigenvalue weighted by atomic mass is 16.6. The van der Waals surface area contributed by atoms with Crippen LogP contribution in [0.25, 0.3) is 0 Å². The first-order chi connectivity index (χ1) is 11.0. The summed E-state index contributed by atoms with van der Waals surface area (Å²) in [5.74, 6) is 1.73. The third kappa shape index (κ3) is 4.85. The van der Waals surface area contributed by atoms with Crippen molar-refractivity contribution < 1.29 is 14.6 Å². The van der Waals surface area contributed by atoms with Gasteiger partial charge in [-0.15, -0.1) is 0 Å². The second-order valence-corrected chi connectivity index (χ2v) is 9.27. The zero-order chi connectivity index (χ0) is 18.1. The molecular formula is C19H36N2O3. The molecule has 1 amide bonds. The summed E-state index contributed by atoms with van der Waals surface area (Å²) < 4.78 is 5.42. The Balaban J connectivity index is 1.92. The van der Waals surface area contributed by atoms with Crippen LogP contribution in [0.5, 0.6) is 0 Å². The lowest BCUT2D eigenvalue weighted by molar-refractivity contribution is -0.0650. The minimum absolute atomic E-state index is 0.205. The summed E-state index contributed by atoms with van der Waals surface area (Å²) in [6, 6.07) is -0.205. The largest absolute Gasteiger partial charge is 0.444 e. The summed E-state index contributed by atoms with van der Waals surface area (Å²) in [7, 11) is 0. The van der Waals surface area contributed by atoms with Crippen LogP contribution in [0.3, 0.4) is 0 Å². The molecule has 1 saturated carbocycles. The van der Waals surface area contributed by atoms with Crippen LogP contribution in [-0.2, 0) is 4.74 Å². The second kappa shape index (κ2) is 7.20. The first-order valence-electron chi connectivity index (χ1n) is 9.46. The van der Waals surface area contributed by atoms with Crippen molar-refractivity contribution in [2.24, 2.45) is 23.5 Å². The number of nitrogens with zero attached hydrogens (tertiary/aromatic N) is 1. The Labute approximate surface area is 146 Å². The van der Waals surface area contributed by atoms with Crippen LogP contribution >= 0.6 is 0 Å². The van der Waals surface area contributed by atoms with Crippen molar-refractivity contribution in [2.75, 3.05) is 13.1 Å². The highest BCUT2D eigenvalue weighted by Gasteiger charge is 2.44. The molecule has 140 valence electrons. The van der Waals surface area contributed by atoms with E-state index in [2.05, 4.69) is 13.8 Å². The molecule has 1 heterocycles. The van der Waals surface area contributed by atoms with E-state index in [-0.39, 0.29) is 12.1 Å². The molecule has 0 aromatic rings. The molecule has 24 heavy (non-hydrogen) atoms. The molecule has 5 heteroatoms. The molecule has 0 aromatic carbocycles. The lowest BCUT2D eigenvalue weighted by Crippen LogP contribution is -2.59. The van der Waals surface area contributed by atoms with Gasteiger partial charge in [0.05, 0.1) is 5.60 Å². The Hall–Kier alpha value is -0.810. The molecule has 3 N–H and O–H groups in total. The number of amides is 1. The summed E-state index contributed by atoms with van der Waals surface area (Å²) in [5, 5.41) is 11.1. The smallest absolute Gasteiger partial charge is 0.410 e. The van der Waals surface area contributed by atoms with E-state index in [1.807, 2.05) is 20.8 Å². The third-order valence-corrected chi connectivity index (χ3v) is 5.62. The van der Waals surface area contributed by atoms with Gasteiger partial charge in [-0.2, -0.15) is 0 Å². The Morgan fingerprint density at radius 2 is 1.67 bits per heavy atom. The molecular weight excluding hydrogens is 304 g/mol. The fraction of sp³-hybridized carbons (Fsp3) is 0.947. The van der Waals surface area contributed by atoms with Gasteiger partial charge in [0.2, 0.25) is 0 Å². The standard InChI is InChI=1S/C19H36N2O3/c1-13-10-14(2)12-15(11-13)16(20)19(23)6-8-21(9-7-19)17(22)24-18(3,4)5/h13-16,23H,6-12,20H2,1-5H3. The predicted molar refractivity (Wildman–Crippen MR) is 95.6 cm³/mol. The molecule has 0 radical (unpaired) electrons. The number of ether oxygens (including phenoxy) is 1. The second-order valence-electron chi connectivity index (χ2n) is 9.27. The van der Waals surface area contributed by atoms with E-state index in [0.29, 0.717) is 43.7 Å².